The van der Waals surface area contributed by atoms with Gasteiger partial charge >= 0.3 is 5.97 Å². The lowest BCUT2D eigenvalue weighted by Crippen LogP contribution is -2.46. The monoisotopic (exact) mass is 270 g/mol. The number of amides is 1. The van der Waals surface area contributed by atoms with Crippen LogP contribution >= 0.6 is 0 Å². The maximum Gasteiger partial charge on any atom is 0.337 e. The number of nitrogens with one attached hydrogen (secondary N) is 1. The number of rotatable bonds is 6. The van der Waals surface area contributed by atoms with E-state index in [9.17, 15) is 14.7 Å². The van der Waals surface area contributed by atoms with E-state index >= 15 is 0 Å². The first-order valence-electron chi connectivity index (χ1n) is 5.88. The maximum atomic E-state index is 11.6. The first kappa shape index (κ1) is 15.2. The number of carboxylic acid groups (broad SMARTS) is 1. The van der Waals surface area contributed by atoms with Crippen LogP contribution in [0.1, 0.15) is 30.4 Å². The van der Waals surface area contributed by atoms with Crippen LogP contribution in [0.15, 0.2) is 4.52 Å². The topological polar surface area (TPSA) is 113 Å². The third-order valence-electron chi connectivity index (χ3n) is 2.87. The molecule has 0 saturated carbocycles. The predicted molar refractivity (Wildman–Crippen MR) is 65.6 cm³/mol. The minimum Gasteiger partial charge on any atom is -0.479 e. The lowest BCUT2D eigenvalue weighted by atomic mass is 10.1. The fourth-order valence-electron chi connectivity index (χ4n) is 1.53. The molecule has 1 heterocycles. The summed E-state index contributed by atoms with van der Waals surface area (Å²) in [5.74, 6) is -1.04. The Morgan fingerprint density at radius 3 is 2.53 bits per heavy atom. The number of aromatic nitrogens is 1. The van der Waals surface area contributed by atoms with Gasteiger partial charge in [0.05, 0.1) is 12.2 Å². The Balaban J connectivity index is 2.43. The zero-order valence-electron chi connectivity index (χ0n) is 11.2. The summed E-state index contributed by atoms with van der Waals surface area (Å²) in [7, 11) is 0. The molecule has 1 aromatic rings. The van der Waals surface area contributed by atoms with Gasteiger partial charge in [-0.25, -0.2) is 4.79 Å². The summed E-state index contributed by atoms with van der Waals surface area (Å²) in [6, 6.07) is 0. The summed E-state index contributed by atoms with van der Waals surface area (Å²) >= 11 is 0. The molecule has 0 radical (unpaired) electrons. The zero-order valence-corrected chi connectivity index (χ0v) is 11.2. The van der Waals surface area contributed by atoms with E-state index < -0.39 is 11.6 Å². The number of hydrogen-bond acceptors (Lipinski definition) is 5. The van der Waals surface area contributed by atoms with Gasteiger partial charge in [-0.05, 0) is 27.2 Å². The van der Waals surface area contributed by atoms with Gasteiger partial charge in [-0.15, -0.1) is 0 Å². The maximum absolute atomic E-state index is 11.6. The van der Waals surface area contributed by atoms with E-state index in [2.05, 4.69) is 10.5 Å². The molecule has 0 aliphatic rings. The number of hydrogen-bond donors (Lipinski definition) is 3. The lowest BCUT2D eigenvalue weighted by molar-refractivity contribution is -0.156. The highest BCUT2D eigenvalue weighted by molar-refractivity contribution is 5.80. The highest BCUT2D eigenvalue weighted by Gasteiger charge is 2.30. The quantitative estimate of drug-likeness (QED) is 0.679. The van der Waals surface area contributed by atoms with Gasteiger partial charge in [-0.2, -0.15) is 0 Å². The van der Waals surface area contributed by atoms with Crippen LogP contribution in [-0.4, -0.2) is 39.4 Å². The summed E-state index contributed by atoms with van der Waals surface area (Å²) in [6.07, 6.45) is 0.640. The molecule has 0 aliphatic carbocycles. The molecule has 1 aromatic heterocycles. The average Bonchev–Trinajstić information content (AvgIpc) is 2.64. The summed E-state index contributed by atoms with van der Waals surface area (Å²) in [5, 5.41) is 24.3. The highest BCUT2D eigenvalue weighted by atomic mass is 16.5. The Kier molecular flexibility index (Phi) is 4.66. The molecule has 0 bridgehead atoms. The summed E-state index contributed by atoms with van der Waals surface area (Å²) in [4.78, 5) is 22.2. The van der Waals surface area contributed by atoms with E-state index in [0.29, 0.717) is 12.2 Å². The minimum atomic E-state index is -1.96. The van der Waals surface area contributed by atoms with Crippen molar-refractivity contribution in [3.63, 3.8) is 0 Å². The fraction of sp³-hybridized carbons (Fsp3) is 0.583. The summed E-state index contributed by atoms with van der Waals surface area (Å²) < 4.78 is 4.97. The minimum absolute atomic E-state index is 0.179. The van der Waals surface area contributed by atoms with Crippen LogP contribution in [0.2, 0.25) is 0 Å². The van der Waals surface area contributed by atoms with Gasteiger partial charge < -0.3 is 20.1 Å². The van der Waals surface area contributed by atoms with Gasteiger partial charge in [0.2, 0.25) is 5.91 Å². The van der Waals surface area contributed by atoms with Crippen LogP contribution in [0.4, 0.5) is 0 Å². The van der Waals surface area contributed by atoms with Gasteiger partial charge in [0.1, 0.15) is 5.76 Å². The van der Waals surface area contributed by atoms with Crippen molar-refractivity contribution >= 4 is 11.9 Å². The van der Waals surface area contributed by atoms with Crippen molar-refractivity contribution in [3.8, 4) is 0 Å². The molecule has 7 nitrogen and oxygen atoms in total. The van der Waals surface area contributed by atoms with E-state index in [4.69, 9.17) is 9.63 Å². The van der Waals surface area contributed by atoms with Crippen molar-refractivity contribution in [2.45, 2.75) is 39.2 Å². The summed E-state index contributed by atoms with van der Waals surface area (Å²) in [6.45, 7) is 4.36. The molecule has 3 N–H and O–H groups in total. The second kappa shape index (κ2) is 5.83. The smallest absolute Gasteiger partial charge is 0.337 e. The molecule has 1 rings (SSSR count). The molecular weight excluding hydrogens is 252 g/mol. The van der Waals surface area contributed by atoms with Crippen LogP contribution in [0.3, 0.4) is 0 Å². The number of aryl methyl sites for hydroxylation is 2. The Hall–Kier alpha value is -1.89. The van der Waals surface area contributed by atoms with Gasteiger partial charge in [0, 0.05) is 12.0 Å². The lowest BCUT2D eigenvalue weighted by Gasteiger charge is -2.18. The Labute approximate surface area is 110 Å². The van der Waals surface area contributed by atoms with E-state index in [1.54, 1.807) is 13.8 Å². The number of carbonyl (C=O) groups excluding carboxylic acids is 1. The Morgan fingerprint density at radius 2 is 2.05 bits per heavy atom. The molecule has 0 saturated heterocycles. The summed E-state index contributed by atoms with van der Waals surface area (Å²) in [5.41, 5.74) is -0.346. The molecule has 1 unspecified atom stereocenters. The number of nitrogens with zero attached hydrogens (tertiary/aromatic N) is 1. The van der Waals surface area contributed by atoms with Gasteiger partial charge in [0.15, 0.2) is 5.60 Å². The van der Waals surface area contributed by atoms with Crippen LogP contribution in [0.25, 0.3) is 0 Å². The van der Waals surface area contributed by atoms with Gasteiger partial charge in [-0.3, -0.25) is 4.79 Å². The molecule has 0 fully saturated rings. The molecule has 0 aromatic carbocycles. The fourth-order valence-corrected chi connectivity index (χ4v) is 1.53. The SMILES string of the molecule is Cc1noc(C)c1CCC(=O)NCC(C)(O)C(=O)O. The first-order chi connectivity index (χ1) is 8.74. The van der Waals surface area contributed by atoms with Crippen molar-refractivity contribution in [1.82, 2.24) is 10.5 Å². The van der Waals surface area contributed by atoms with Crippen LogP contribution < -0.4 is 5.32 Å². The number of carbonyl (C=O) groups is 2. The highest BCUT2D eigenvalue weighted by Crippen LogP contribution is 2.14. The molecule has 7 heteroatoms. The van der Waals surface area contributed by atoms with Crippen LogP contribution in [0, 0.1) is 13.8 Å². The predicted octanol–water partition coefficient (Wildman–Crippen LogP) is 0.176. The molecule has 19 heavy (non-hydrogen) atoms. The second-order valence-corrected chi connectivity index (χ2v) is 4.66. The standard InChI is InChI=1S/C12H18N2O5/c1-7-9(8(2)19-14-7)4-5-10(15)13-6-12(3,18)11(16)17/h18H,4-6H2,1-3H3,(H,13,15)(H,16,17). The largest absolute Gasteiger partial charge is 0.479 e. The number of carboxylic acids is 1. The molecule has 0 spiro atoms. The van der Waals surface area contributed by atoms with Crippen LogP contribution in [0.5, 0.6) is 0 Å². The third kappa shape index (κ3) is 4.06. The second-order valence-electron chi connectivity index (χ2n) is 4.66. The van der Waals surface area contributed by atoms with Crippen LogP contribution in [-0.2, 0) is 16.0 Å². The van der Waals surface area contributed by atoms with E-state index in [0.717, 1.165) is 18.2 Å². The van der Waals surface area contributed by atoms with Crippen molar-refractivity contribution in [3.05, 3.63) is 17.0 Å². The van der Waals surface area contributed by atoms with E-state index in [-0.39, 0.29) is 18.9 Å². The van der Waals surface area contributed by atoms with Crippen molar-refractivity contribution in [2.75, 3.05) is 6.54 Å². The van der Waals surface area contributed by atoms with Gasteiger partial charge in [-0.1, -0.05) is 5.16 Å². The van der Waals surface area contributed by atoms with Crippen molar-refractivity contribution in [1.29, 1.82) is 0 Å². The molecule has 1 amide bonds. The van der Waals surface area contributed by atoms with E-state index in [1.165, 1.54) is 0 Å². The molecule has 1 atom stereocenters. The van der Waals surface area contributed by atoms with Crippen molar-refractivity contribution < 1.29 is 24.3 Å². The first-order valence-corrected chi connectivity index (χ1v) is 5.88. The number of aliphatic hydroxyl groups is 1. The van der Waals surface area contributed by atoms with Gasteiger partial charge in [0.25, 0.3) is 0 Å². The third-order valence-corrected chi connectivity index (χ3v) is 2.87. The average molecular weight is 270 g/mol. The zero-order chi connectivity index (χ0) is 14.6. The molecule has 0 aliphatic heterocycles. The van der Waals surface area contributed by atoms with Crippen molar-refractivity contribution in [2.24, 2.45) is 0 Å². The van der Waals surface area contributed by atoms with E-state index in [1.807, 2.05) is 0 Å². The number of aliphatic carboxylic acids is 1. The molecular formula is C12H18N2O5. The Bertz CT molecular complexity index is 459. The Morgan fingerprint density at radius 1 is 1.42 bits per heavy atom. The molecule has 106 valence electrons. The normalized spacial score (nSPS) is 13.9.